The van der Waals surface area contributed by atoms with E-state index in [1.54, 1.807) is 13.0 Å². The predicted octanol–water partition coefficient (Wildman–Crippen LogP) is 3.89. The molecule has 0 unspecified atom stereocenters. The molecule has 3 N–H and O–H groups in total. The molecule has 0 atom stereocenters. The summed E-state index contributed by atoms with van der Waals surface area (Å²) >= 11 is 3.12. The zero-order valence-corrected chi connectivity index (χ0v) is 13.5. The molecule has 0 aliphatic carbocycles. The Balaban J connectivity index is 2.42. The summed E-state index contributed by atoms with van der Waals surface area (Å²) in [6.45, 7) is 5.75. The van der Waals surface area contributed by atoms with Crippen LogP contribution in [-0.2, 0) is 0 Å². The smallest absolute Gasteiger partial charge is 0.227 e. The first-order valence-corrected chi connectivity index (χ1v) is 7.19. The highest BCUT2D eigenvalue weighted by atomic mass is 79.9. The standard InChI is InChI=1S/C14H16BrFN4O/c1-7(2)12-18-13(20-17)8(3)14(19-12)21-9-4-5-11(16)10(15)6-9/h4-7H,17H2,1-3H3,(H,18,19,20). The molecule has 7 heteroatoms. The number of rotatable bonds is 4. The van der Waals surface area contributed by atoms with Crippen LogP contribution in [0.25, 0.3) is 0 Å². The van der Waals surface area contributed by atoms with Crippen molar-refractivity contribution >= 4 is 21.7 Å². The number of benzene rings is 1. The van der Waals surface area contributed by atoms with Crippen molar-refractivity contribution in [1.82, 2.24) is 9.97 Å². The van der Waals surface area contributed by atoms with Gasteiger partial charge in [-0.15, -0.1) is 0 Å². The summed E-state index contributed by atoms with van der Waals surface area (Å²) in [5.41, 5.74) is 3.22. The maximum Gasteiger partial charge on any atom is 0.227 e. The van der Waals surface area contributed by atoms with E-state index in [-0.39, 0.29) is 11.7 Å². The summed E-state index contributed by atoms with van der Waals surface area (Å²) < 4.78 is 19.3. The number of nitrogens with one attached hydrogen (secondary N) is 1. The Morgan fingerprint density at radius 1 is 1.33 bits per heavy atom. The Kier molecular flexibility index (Phi) is 4.74. The van der Waals surface area contributed by atoms with Gasteiger partial charge in [0.25, 0.3) is 0 Å². The number of nitrogens with two attached hydrogens (primary N) is 1. The highest BCUT2D eigenvalue weighted by Gasteiger charge is 2.14. The first-order valence-electron chi connectivity index (χ1n) is 6.40. The lowest BCUT2D eigenvalue weighted by Gasteiger charge is -2.14. The molecule has 0 saturated heterocycles. The number of hydrogen-bond acceptors (Lipinski definition) is 5. The topological polar surface area (TPSA) is 73.1 Å². The molecule has 0 spiro atoms. The van der Waals surface area contributed by atoms with Crippen molar-refractivity contribution in [3.05, 3.63) is 39.9 Å². The minimum absolute atomic E-state index is 0.125. The lowest BCUT2D eigenvalue weighted by Crippen LogP contribution is -2.13. The van der Waals surface area contributed by atoms with E-state index in [1.165, 1.54) is 12.1 Å². The summed E-state index contributed by atoms with van der Waals surface area (Å²) in [5.74, 6) is 7.23. The fraction of sp³-hybridized carbons (Fsp3) is 0.286. The van der Waals surface area contributed by atoms with E-state index in [4.69, 9.17) is 10.6 Å². The van der Waals surface area contributed by atoms with E-state index in [0.29, 0.717) is 33.3 Å². The summed E-state index contributed by atoms with van der Waals surface area (Å²) in [6.07, 6.45) is 0. The van der Waals surface area contributed by atoms with Gasteiger partial charge in [-0.05, 0) is 41.1 Å². The van der Waals surface area contributed by atoms with Gasteiger partial charge in [-0.25, -0.2) is 15.2 Å². The van der Waals surface area contributed by atoms with E-state index in [9.17, 15) is 4.39 Å². The van der Waals surface area contributed by atoms with Gasteiger partial charge >= 0.3 is 0 Å². The highest BCUT2D eigenvalue weighted by molar-refractivity contribution is 9.10. The fourth-order valence-corrected chi connectivity index (χ4v) is 2.02. The Morgan fingerprint density at radius 2 is 2.05 bits per heavy atom. The Hall–Kier alpha value is -1.73. The molecule has 112 valence electrons. The maximum absolute atomic E-state index is 13.3. The third-order valence-electron chi connectivity index (χ3n) is 2.88. The summed E-state index contributed by atoms with van der Waals surface area (Å²) in [6, 6.07) is 4.40. The van der Waals surface area contributed by atoms with Gasteiger partial charge in [0.2, 0.25) is 5.88 Å². The van der Waals surface area contributed by atoms with Crippen LogP contribution in [0.1, 0.15) is 31.2 Å². The predicted molar refractivity (Wildman–Crippen MR) is 82.8 cm³/mol. The van der Waals surface area contributed by atoms with E-state index in [0.717, 1.165) is 0 Å². The molecule has 0 bridgehead atoms. The van der Waals surface area contributed by atoms with Crippen LogP contribution >= 0.6 is 15.9 Å². The van der Waals surface area contributed by atoms with Gasteiger partial charge in [0.05, 0.1) is 10.0 Å². The largest absolute Gasteiger partial charge is 0.439 e. The van der Waals surface area contributed by atoms with Crippen LogP contribution in [0.3, 0.4) is 0 Å². The fourth-order valence-electron chi connectivity index (χ4n) is 1.66. The SMILES string of the molecule is Cc1c(NN)nc(C(C)C)nc1Oc1ccc(F)c(Br)c1. The van der Waals surface area contributed by atoms with E-state index in [2.05, 4.69) is 31.3 Å². The second-order valence-electron chi connectivity index (χ2n) is 4.84. The van der Waals surface area contributed by atoms with Gasteiger partial charge in [-0.2, -0.15) is 4.98 Å². The highest BCUT2D eigenvalue weighted by Crippen LogP contribution is 2.30. The van der Waals surface area contributed by atoms with Crippen LogP contribution in [0.5, 0.6) is 11.6 Å². The number of ether oxygens (including phenoxy) is 1. The van der Waals surface area contributed by atoms with Crippen molar-refractivity contribution in [2.24, 2.45) is 5.84 Å². The normalized spacial score (nSPS) is 10.8. The van der Waals surface area contributed by atoms with Crippen LogP contribution in [0, 0.1) is 12.7 Å². The van der Waals surface area contributed by atoms with E-state index >= 15 is 0 Å². The van der Waals surface area contributed by atoms with Crippen molar-refractivity contribution in [1.29, 1.82) is 0 Å². The number of halogens is 2. The van der Waals surface area contributed by atoms with E-state index in [1.807, 2.05) is 13.8 Å². The average molecular weight is 355 g/mol. The van der Waals surface area contributed by atoms with Crippen molar-refractivity contribution < 1.29 is 9.13 Å². The number of anilines is 1. The molecule has 2 rings (SSSR count). The zero-order valence-electron chi connectivity index (χ0n) is 11.9. The Bertz CT molecular complexity index is 664. The number of aromatic nitrogens is 2. The molecule has 0 radical (unpaired) electrons. The lowest BCUT2D eigenvalue weighted by molar-refractivity contribution is 0.451. The quantitative estimate of drug-likeness (QED) is 0.643. The molecule has 2 aromatic rings. The van der Waals surface area contributed by atoms with Crippen LogP contribution in [0.4, 0.5) is 10.2 Å². The molecule has 1 aromatic carbocycles. The van der Waals surface area contributed by atoms with Crippen molar-refractivity contribution in [2.75, 3.05) is 5.43 Å². The van der Waals surface area contributed by atoms with Crippen molar-refractivity contribution in [3.63, 3.8) is 0 Å². The van der Waals surface area contributed by atoms with Gasteiger partial charge in [0.1, 0.15) is 17.4 Å². The number of nitrogens with zero attached hydrogens (tertiary/aromatic N) is 2. The van der Waals surface area contributed by atoms with Gasteiger partial charge in [0.15, 0.2) is 5.82 Å². The second kappa shape index (κ2) is 6.36. The van der Waals surface area contributed by atoms with Crippen LogP contribution in [-0.4, -0.2) is 9.97 Å². The minimum atomic E-state index is -0.353. The number of hydrazine groups is 1. The summed E-state index contributed by atoms with van der Waals surface area (Å²) in [4.78, 5) is 8.72. The lowest BCUT2D eigenvalue weighted by atomic mass is 10.2. The molecule has 0 aliphatic heterocycles. The molecule has 0 aliphatic rings. The molecular formula is C14H16BrFN4O. The van der Waals surface area contributed by atoms with Gasteiger partial charge in [-0.3, -0.25) is 0 Å². The third-order valence-corrected chi connectivity index (χ3v) is 3.48. The minimum Gasteiger partial charge on any atom is -0.439 e. The molecule has 5 nitrogen and oxygen atoms in total. The number of nitrogen functional groups attached to an aromatic ring is 1. The molecule has 1 aromatic heterocycles. The molecule has 1 heterocycles. The van der Waals surface area contributed by atoms with Gasteiger partial charge < -0.3 is 10.2 Å². The van der Waals surface area contributed by atoms with Crippen LogP contribution < -0.4 is 16.0 Å². The average Bonchev–Trinajstić information content (AvgIpc) is 2.44. The van der Waals surface area contributed by atoms with E-state index < -0.39 is 0 Å². The maximum atomic E-state index is 13.3. The van der Waals surface area contributed by atoms with Crippen molar-refractivity contribution in [2.45, 2.75) is 26.7 Å². The van der Waals surface area contributed by atoms with Crippen molar-refractivity contribution in [3.8, 4) is 11.6 Å². The van der Waals surface area contributed by atoms with Gasteiger partial charge in [0, 0.05) is 5.92 Å². The zero-order chi connectivity index (χ0) is 15.6. The Morgan fingerprint density at radius 3 is 2.62 bits per heavy atom. The third kappa shape index (κ3) is 3.48. The first-order chi connectivity index (χ1) is 9.92. The molecular weight excluding hydrogens is 339 g/mol. The second-order valence-corrected chi connectivity index (χ2v) is 5.69. The molecule has 21 heavy (non-hydrogen) atoms. The van der Waals surface area contributed by atoms with Crippen LogP contribution in [0.15, 0.2) is 22.7 Å². The van der Waals surface area contributed by atoms with Gasteiger partial charge in [-0.1, -0.05) is 13.8 Å². The summed E-state index contributed by atoms with van der Waals surface area (Å²) in [7, 11) is 0. The summed E-state index contributed by atoms with van der Waals surface area (Å²) in [5, 5.41) is 0. The molecule has 0 saturated carbocycles. The molecule has 0 amide bonds. The Labute approximate surface area is 130 Å². The number of hydrogen-bond donors (Lipinski definition) is 2. The molecule has 0 fully saturated rings. The first kappa shape index (κ1) is 15.7. The van der Waals surface area contributed by atoms with Crippen LogP contribution in [0.2, 0.25) is 0 Å². The monoisotopic (exact) mass is 354 g/mol.